The first-order chi connectivity index (χ1) is 6.95. The highest BCUT2D eigenvalue weighted by Crippen LogP contribution is 2.49. The molecule has 0 N–H and O–H groups in total. The molecule has 0 saturated heterocycles. The van der Waals surface area contributed by atoms with Crippen LogP contribution in [0, 0.1) is 23.3 Å². The van der Waals surface area contributed by atoms with Gasteiger partial charge < -0.3 is 0 Å². The summed E-state index contributed by atoms with van der Waals surface area (Å²) in [4.78, 5) is 0. The molecule has 0 aromatic rings. The van der Waals surface area contributed by atoms with Gasteiger partial charge in [-0.25, -0.2) is 0 Å². The highest BCUT2D eigenvalue weighted by Gasteiger charge is 2.39. The van der Waals surface area contributed by atoms with E-state index in [1.165, 1.54) is 24.8 Å². The molecule has 0 unspecified atom stereocenters. The van der Waals surface area contributed by atoms with Crippen LogP contribution < -0.4 is 0 Å². The lowest BCUT2D eigenvalue weighted by molar-refractivity contribution is 0.608. The Labute approximate surface area is 96.2 Å². The van der Waals surface area contributed by atoms with E-state index in [1.54, 1.807) is 0 Å². The molecule has 0 spiro atoms. The summed E-state index contributed by atoms with van der Waals surface area (Å²) < 4.78 is 0. The summed E-state index contributed by atoms with van der Waals surface area (Å²) in [6, 6.07) is 0. The number of allylic oxidation sites excluding steroid dienone is 1. The van der Waals surface area contributed by atoms with Crippen molar-refractivity contribution in [2.45, 2.75) is 52.2 Å². The molecule has 0 aliphatic heterocycles. The zero-order chi connectivity index (χ0) is 11.5. The molecule has 0 radical (unpaired) electrons. The number of hydrogen-bond donors (Lipinski definition) is 0. The lowest BCUT2D eigenvalue weighted by Gasteiger charge is -2.03. The minimum absolute atomic E-state index is 0.806. The SMILES string of the molecule is C=C1[C@@H](CCC)[C@H]1CCC#C[Si](C)(C)C. The van der Waals surface area contributed by atoms with Gasteiger partial charge in [-0.1, -0.05) is 45.1 Å². The van der Waals surface area contributed by atoms with E-state index in [0.29, 0.717) is 0 Å². The van der Waals surface area contributed by atoms with Crippen LogP contribution in [0.2, 0.25) is 19.6 Å². The molecule has 0 aromatic heterocycles. The van der Waals surface area contributed by atoms with Crippen LogP contribution in [0.15, 0.2) is 12.2 Å². The Bertz CT molecular complexity index is 285. The van der Waals surface area contributed by atoms with Gasteiger partial charge in [0.25, 0.3) is 0 Å². The van der Waals surface area contributed by atoms with Gasteiger partial charge in [0.2, 0.25) is 0 Å². The van der Waals surface area contributed by atoms with E-state index >= 15 is 0 Å². The predicted molar refractivity (Wildman–Crippen MR) is 71.4 cm³/mol. The molecular formula is C14H24Si. The van der Waals surface area contributed by atoms with Gasteiger partial charge >= 0.3 is 0 Å². The van der Waals surface area contributed by atoms with E-state index in [0.717, 1.165) is 18.3 Å². The monoisotopic (exact) mass is 220 g/mol. The zero-order valence-corrected chi connectivity index (χ0v) is 11.7. The van der Waals surface area contributed by atoms with Gasteiger partial charge in [0.05, 0.1) is 0 Å². The summed E-state index contributed by atoms with van der Waals surface area (Å²) in [5.41, 5.74) is 4.92. The molecule has 0 nitrogen and oxygen atoms in total. The van der Waals surface area contributed by atoms with Crippen LogP contribution in [0.4, 0.5) is 0 Å². The number of rotatable bonds is 4. The number of hydrogen-bond acceptors (Lipinski definition) is 0. The summed E-state index contributed by atoms with van der Waals surface area (Å²) in [7, 11) is -1.14. The summed E-state index contributed by atoms with van der Waals surface area (Å²) in [5.74, 6) is 4.99. The summed E-state index contributed by atoms with van der Waals surface area (Å²) in [6.07, 6.45) is 4.96. The van der Waals surface area contributed by atoms with Crippen molar-refractivity contribution < 1.29 is 0 Å². The minimum Gasteiger partial charge on any atom is -0.132 e. The fraction of sp³-hybridized carbons (Fsp3) is 0.714. The lowest BCUT2D eigenvalue weighted by atomic mass is 10.1. The van der Waals surface area contributed by atoms with Crippen LogP contribution in [0.25, 0.3) is 0 Å². The molecular weight excluding hydrogens is 196 g/mol. The van der Waals surface area contributed by atoms with Gasteiger partial charge in [0, 0.05) is 6.42 Å². The Morgan fingerprint density at radius 2 is 1.80 bits per heavy atom. The Hall–Kier alpha value is -0.483. The maximum absolute atomic E-state index is 4.14. The van der Waals surface area contributed by atoms with E-state index in [9.17, 15) is 0 Å². The molecule has 0 aromatic carbocycles. The average molecular weight is 220 g/mol. The molecule has 1 aliphatic rings. The van der Waals surface area contributed by atoms with Crippen LogP contribution in [0.1, 0.15) is 32.6 Å². The van der Waals surface area contributed by atoms with Gasteiger partial charge in [0.1, 0.15) is 8.07 Å². The molecule has 15 heavy (non-hydrogen) atoms. The molecule has 1 heteroatoms. The third-order valence-electron chi connectivity index (χ3n) is 2.97. The van der Waals surface area contributed by atoms with Crippen molar-refractivity contribution in [3.8, 4) is 11.5 Å². The van der Waals surface area contributed by atoms with Gasteiger partial charge in [-0.05, 0) is 24.7 Å². The molecule has 0 bridgehead atoms. The third kappa shape index (κ3) is 4.26. The fourth-order valence-corrected chi connectivity index (χ4v) is 2.74. The molecule has 1 saturated carbocycles. The van der Waals surface area contributed by atoms with Crippen molar-refractivity contribution >= 4 is 8.07 Å². The normalized spacial score (nSPS) is 24.7. The summed E-state index contributed by atoms with van der Waals surface area (Å²) in [5, 5.41) is 0. The Morgan fingerprint density at radius 1 is 1.20 bits per heavy atom. The summed E-state index contributed by atoms with van der Waals surface area (Å²) in [6.45, 7) is 13.3. The van der Waals surface area contributed by atoms with E-state index in [4.69, 9.17) is 0 Å². The van der Waals surface area contributed by atoms with E-state index < -0.39 is 8.07 Å². The third-order valence-corrected chi connectivity index (χ3v) is 3.90. The Kier molecular flexibility index (Phi) is 4.22. The van der Waals surface area contributed by atoms with Gasteiger partial charge in [0.15, 0.2) is 0 Å². The lowest BCUT2D eigenvalue weighted by Crippen LogP contribution is -2.16. The van der Waals surface area contributed by atoms with Crippen molar-refractivity contribution in [3.63, 3.8) is 0 Å². The fourth-order valence-electron chi connectivity index (χ4n) is 2.08. The quantitative estimate of drug-likeness (QED) is 0.377. The van der Waals surface area contributed by atoms with Crippen molar-refractivity contribution in [3.05, 3.63) is 12.2 Å². The van der Waals surface area contributed by atoms with E-state index in [2.05, 4.69) is 44.6 Å². The van der Waals surface area contributed by atoms with E-state index in [1.807, 2.05) is 0 Å². The van der Waals surface area contributed by atoms with Crippen molar-refractivity contribution in [1.29, 1.82) is 0 Å². The molecule has 1 fully saturated rings. The first kappa shape index (κ1) is 12.6. The predicted octanol–water partition coefficient (Wildman–Crippen LogP) is 4.25. The van der Waals surface area contributed by atoms with Crippen LogP contribution in [-0.4, -0.2) is 8.07 Å². The maximum atomic E-state index is 4.14. The highest BCUT2D eigenvalue weighted by molar-refractivity contribution is 6.83. The molecule has 0 amide bonds. The maximum Gasteiger partial charge on any atom is 0.129 e. The van der Waals surface area contributed by atoms with Crippen LogP contribution in [0.3, 0.4) is 0 Å². The highest BCUT2D eigenvalue weighted by atomic mass is 28.3. The largest absolute Gasteiger partial charge is 0.132 e. The van der Waals surface area contributed by atoms with Crippen molar-refractivity contribution in [1.82, 2.24) is 0 Å². The van der Waals surface area contributed by atoms with Crippen molar-refractivity contribution in [2.75, 3.05) is 0 Å². The Morgan fingerprint density at radius 3 is 2.33 bits per heavy atom. The molecule has 0 heterocycles. The van der Waals surface area contributed by atoms with E-state index in [-0.39, 0.29) is 0 Å². The topological polar surface area (TPSA) is 0 Å². The van der Waals surface area contributed by atoms with Gasteiger partial charge in [-0.15, -0.1) is 11.5 Å². The minimum atomic E-state index is -1.14. The second-order valence-electron chi connectivity index (χ2n) is 5.67. The standard InChI is InChI=1S/C14H24Si/c1-6-9-13-12(2)14(13)10-7-8-11-15(3,4)5/h13-14H,2,6-7,9-10H2,1,3-5H3/t13-,14+/m1/s1. The van der Waals surface area contributed by atoms with Crippen LogP contribution >= 0.6 is 0 Å². The summed E-state index contributed by atoms with van der Waals surface area (Å²) >= 11 is 0. The first-order valence-electron chi connectivity index (χ1n) is 6.14. The molecule has 2 atom stereocenters. The van der Waals surface area contributed by atoms with Gasteiger partial charge in [-0.2, -0.15) is 0 Å². The second-order valence-corrected chi connectivity index (χ2v) is 10.4. The average Bonchev–Trinajstić information content (AvgIpc) is 2.70. The molecule has 84 valence electrons. The molecule has 1 aliphatic carbocycles. The van der Waals surface area contributed by atoms with Crippen molar-refractivity contribution in [2.24, 2.45) is 11.8 Å². The first-order valence-corrected chi connectivity index (χ1v) is 9.64. The smallest absolute Gasteiger partial charge is 0.129 e. The Balaban J connectivity index is 2.22. The van der Waals surface area contributed by atoms with Gasteiger partial charge in [-0.3, -0.25) is 0 Å². The van der Waals surface area contributed by atoms with Crippen LogP contribution in [0.5, 0.6) is 0 Å². The molecule has 1 rings (SSSR count). The van der Waals surface area contributed by atoms with Crippen LogP contribution in [-0.2, 0) is 0 Å². The second kappa shape index (κ2) is 5.03. The zero-order valence-electron chi connectivity index (χ0n) is 10.7.